The molecule has 80 valence electrons. The lowest BCUT2D eigenvalue weighted by molar-refractivity contribution is -0.386. The van der Waals surface area contributed by atoms with Gasteiger partial charge in [-0.15, -0.1) is 0 Å². The van der Waals surface area contributed by atoms with Crippen LogP contribution >= 0.6 is 0 Å². The van der Waals surface area contributed by atoms with E-state index in [9.17, 15) is 10.1 Å². The van der Waals surface area contributed by atoms with Gasteiger partial charge in [0.1, 0.15) is 0 Å². The van der Waals surface area contributed by atoms with Gasteiger partial charge in [0.05, 0.1) is 11.0 Å². The number of rotatable bonds is 4. The number of nitro benzene ring substituents is 1. The molecule has 1 aliphatic carbocycles. The number of ether oxygens (including phenoxy) is 1. The molecular formula is C11H13NO3. The summed E-state index contributed by atoms with van der Waals surface area (Å²) in [6, 6.07) is 5.26. The summed E-state index contributed by atoms with van der Waals surface area (Å²) in [5, 5.41) is 10.9. The average Bonchev–Trinajstić information content (AvgIpc) is 3.01. The Hall–Kier alpha value is -1.58. The van der Waals surface area contributed by atoms with E-state index in [4.69, 9.17) is 4.74 Å². The van der Waals surface area contributed by atoms with Crippen molar-refractivity contribution in [2.45, 2.75) is 32.3 Å². The third-order valence-corrected chi connectivity index (χ3v) is 2.46. The number of aryl methyl sites for hydroxylation is 1. The lowest BCUT2D eigenvalue weighted by Crippen LogP contribution is -2.02. The molecule has 1 saturated carbocycles. The first-order valence-electron chi connectivity index (χ1n) is 5.15. The van der Waals surface area contributed by atoms with Crippen LogP contribution in [0.5, 0.6) is 5.75 Å². The second-order valence-electron chi connectivity index (χ2n) is 3.69. The van der Waals surface area contributed by atoms with Gasteiger partial charge in [0.2, 0.25) is 0 Å². The average molecular weight is 207 g/mol. The van der Waals surface area contributed by atoms with Gasteiger partial charge >= 0.3 is 5.69 Å². The molecule has 1 fully saturated rings. The van der Waals surface area contributed by atoms with Crippen LogP contribution in [-0.4, -0.2) is 11.0 Å². The van der Waals surface area contributed by atoms with Gasteiger partial charge in [0.15, 0.2) is 5.75 Å². The summed E-state index contributed by atoms with van der Waals surface area (Å²) in [6.07, 6.45) is 2.86. The Morgan fingerprint density at radius 3 is 2.80 bits per heavy atom. The SMILES string of the molecule is CCc1cccc(OC2CC2)c1[N+](=O)[O-]. The number of para-hydroxylation sites is 1. The fraction of sp³-hybridized carbons (Fsp3) is 0.455. The molecule has 0 unspecified atom stereocenters. The highest BCUT2D eigenvalue weighted by Gasteiger charge is 2.28. The Morgan fingerprint density at radius 2 is 2.27 bits per heavy atom. The van der Waals surface area contributed by atoms with Crippen molar-refractivity contribution in [3.63, 3.8) is 0 Å². The Balaban J connectivity index is 2.37. The second kappa shape index (κ2) is 3.88. The molecule has 0 aromatic heterocycles. The van der Waals surface area contributed by atoms with E-state index in [-0.39, 0.29) is 16.7 Å². The van der Waals surface area contributed by atoms with Gasteiger partial charge in [-0.3, -0.25) is 10.1 Å². The molecule has 0 N–H and O–H groups in total. The van der Waals surface area contributed by atoms with E-state index < -0.39 is 0 Å². The minimum atomic E-state index is -0.351. The Bertz CT molecular complexity index is 385. The van der Waals surface area contributed by atoms with E-state index in [1.807, 2.05) is 13.0 Å². The van der Waals surface area contributed by atoms with E-state index in [0.717, 1.165) is 18.4 Å². The normalized spacial score (nSPS) is 15.0. The topological polar surface area (TPSA) is 52.4 Å². The summed E-state index contributed by atoms with van der Waals surface area (Å²) in [5.41, 5.74) is 0.866. The van der Waals surface area contributed by atoms with Crippen LogP contribution < -0.4 is 4.74 Å². The van der Waals surface area contributed by atoms with Gasteiger partial charge in [-0.05, 0) is 25.3 Å². The zero-order chi connectivity index (χ0) is 10.8. The van der Waals surface area contributed by atoms with Gasteiger partial charge in [0.25, 0.3) is 0 Å². The van der Waals surface area contributed by atoms with Crippen molar-refractivity contribution in [2.24, 2.45) is 0 Å². The molecule has 15 heavy (non-hydrogen) atoms. The molecule has 1 aromatic rings. The van der Waals surface area contributed by atoms with Crippen LogP contribution in [-0.2, 0) is 6.42 Å². The van der Waals surface area contributed by atoms with Crippen LogP contribution in [0.4, 0.5) is 5.69 Å². The molecule has 0 aliphatic heterocycles. The first kappa shape index (κ1) is 9.96. The minimum Gasteiger partial charge on any atom is -0.483 e. The largest absolute Gasteiger partial charge is 0.483 e. The smallest absolute Gasteiger partial charge is 0.314 e. The van der Waals surface area contributed by atoms with Crippen molar-refractivity contribution in [2.75, 3.05) is 0 Å². The molecule has 0 atom stereocenters. The van der Waals surface area contributed by atoms with Crippen molar-refractivity contribution >= 4 is 5.69 Å². The van der Waals surface area contributed by atoms with Crippen molar-refractivity contribution in [1.82, 2.24) is 0 Å². The summed E-state index contributed by atoms with van der Waals surface area (Å²) in [4.78, 5) is 10.6. The van der Waals surface area contributed by atoms with Crippen LogP contribution in [0.25, 0.3) is 0 Å². The van der Waals surface area contributed by atoms with Crippen molar-refractivity contribution in [1.29, 1.82) is 0 Å². The number of nitro groups is 1. The third-order valence-electron chi connectivity index (χ3n) is 2.46. The van der Waals surface area contributed by atoms with Crippen LogP contribution in [0.15, 0.2) is 18.2 Å². The molecule has 0 spiro atoms. The number of hydrogen-bond acceptors (Lipinski definition) is 3. The fourth-order valence-corrected chi connectivity index (χ4v) is 1.52. The molecular weight excluding hydrogens is 194 g/mol. The van der Waals surface area contributed by atoms with Gasteiger partial charge in [0, 0.05) is 5.56 Å². The van der Waals surface area contributed by atoms with Crippen LogP contribution in [0.2, 0.25) is 0 Å². The quantitative estimate of drug-likeness (QED) is 0.563. The van der Waals surface area contributed by atoms with Gasteiger partial charge in [-0.1, -0.05) is 19.1 Å². The second-order valence-corrected chi connectivity index (χ2v) is 3.69. The van der Waals surface area contributed by atoms with E-state index >= 15 is 0 Å². The van der Waals surface area contributed by atoms with E-state index in [2.05, 4.69) is 0 Å². The Morgan fingerprint density at radius 1 is 1.53 bits per heavy atom. The highest BCUT2D eigenvalue weighted by molar-refractivity contribution is 5.52. The molecule has 0 saturated heterocycles. The van der Waals surface area contributed by atoms with Gasteiger partial charge < -0.3 is 4.74 Å². The summed E-state index contributed by atoms with van der Waals surface area (Å²) >= 11 is 0. The molecule has 4 nitrogen and oxygen atoms in total. The maximum atomic E-state index is 10.9. The molecule has 0 radical (unpaired) electrons. The van der Waals surface area contributed by atoms with E-state index in [0.29, 0.717) is 12.2 Å². The highest BCUT2D eigenvalue weighted by Crippen LogP contribution is 2.35. The molecule has 0 bridgehead atoms. The zero-order valence-corrected chi connectivity index (χ0v) is 8.60. The van der Waals surface area contributed by atoms with Crippen molar-refractivity contribution in [3.05, 3.63) is 33.9 Å². The predicted molar refractivity (Wildman–Crippen MR) is 56.1 cm³/mol. The molecule has 4 heteroatoms. The third kappa shape index (κ3) is 2.09. The first-order chi connectivity index (χ1) is 7.22. The van der Waals surface area contributed by atoms with E-state index in [1.165, 1.54) is 0 Å². The van der Waals surface area contributed by atoms with Gasteiger partial charge in [-0.25, -0.2) is 0 Å². The van der Waals surface area contributed by atoms with Crippen molar-refractivity contribution in [3.8, 4) is 5.75 Å². The fourth-order valence-electron chi connectivity index (χ4n) is 1.52. The molecule has 1 aromatic carbocycles. The summed E-state index contributed by atoms with van der Waals surface area (Å²) in [6.45, 7) is 1.91. The predicted octanol–water partition coefficient (Wildman–Crippen LogP) is 2.70. The molecule has 2 rings (SSSR count). The lowest BCUT2D eigenvalue weighted by Gasteiger charge is -2.07. The highest BCUT2D eigenvalue weighted by atomic mass is 16.6. The summed E-state index contributed by atoms with van der Waals surface area (Å²) < 4.78 is 5.52. The van der Waals surface area contributed by atoms with Gasteiger partial charge in [-0.2, -0.15) is 0 Å². The number of hydrogen-bond donors (Lipinski definition) is 0. The summed E-state index contributed by atoms with van der Waals surface area (Å²) in [7, 11) is 0. The van der Waals surface area contributed by atoms with E-state index in [1.54, 1.807) is 12.1 Å². The number of nitrogens with zero attached hydrogens (tertiary/aromatic N) is 1. The van der Waals surface area contributed by atoms with Crippen LogP contribution in [0, 0.1) is 10.1 Å². The summed E-state index contributed by atoms with van der Waals surface area (Å²) in [5.74, 6) is 0.418. The standard InChI is InChI=1S/C11H13NO3/c1-2-8-4-3-5-10(11(8)12(13)14)15-9-6-7-9/h3-5,9H,2,6-7H2,1H3. The molecule has 0 amide bonds. The van der Waals surface area contributed by atoms with Crippen LogP contribution in [0.1, 0.15) is 25.3 Å². The van der Waals surface area contributed by atoms with Crippen LogP contribution in [0.3, 0.4) is 0 Å². The minimum absolute atomic E-state index is 0.131. The Kier molecular flexibility index (Phi) is 2.58. The van der Waals surface area contributed by atoms with Crippen molar-refractivity contribution < 1.29 is 9.66 Å². The zero-order valence-electron chi connectivity index (χ0n) is 8.60. The molecule has 1 aliphatic rings. The Labute approximate surface area is 88.0 Å². The monoisotopic (exact) mass is 207 g/mol. The maximum absolute atomic E-state index is 10.9. The number of benzene rings is 1. The first-order valence-corrected chi connectivity index (χ1v) is 5.15. The molecule has 0 heterocycles. The maximum Gasteiger partial charge on any atom is 0.314 e. The lowest BCUT2D eigenvalue weighted by atomic mass is 10.1.